The third kappa shape index (κ3) is 3.08. The van der Waals surface area contributed by atoms with Crippen LogP contribution < -0.4 is 0 Å². The van der Waals surface area contributed by atoms with Gasteiger partial charge in [0.05, 0.1) is 5.52 Å². The van der Waals surface area contributed by atoms with Crippen molar-refractivity contribution in [2.75, 3.05) is 0 Å². The monoisotopic (exact) mass is 298 g/mol. The molecule has 1 atom stereocenters. The van der Waals surface area contributed by atoms with Crippen molar-refractivity contribution in [2.45, 2.75) is 46.1 Å². The van der Waals surface area contributed by atoms with Gasteiger partial charge in [0.15, 0.2) is 10.6 Å². The molecule has 0 fully saturated rings. The largest absolute Gasteiger partial charge is 0.328 e. The standard InChI is InChI=1S/C15H20F2N2S/c1-3-5-6-10(4-2)9-19-13-8-11(16)7-12(17)14(13)18-15(19)20/h7-8,10H,3-6,9H2,1-2H3,(H,18,20). The Morgan fingerprint density at radius 2 is 2.05 bits per heavy atom. The van der Waals surface area contributed by atoms with E-state index in [0.29, 0.717) is 28.3 Å². The van der Waals surface area contributed by atoms with Crippen LogP contribution in [0, 0.1) is 22.3 Å². The molecule has 0 saturated heterocycles. The molecule has 1 N–H and O–H groups in total. The second kappa shape index (κ2) is 6.48. The van der Waals surface area contributed by atoms with Gasteiger partial charge in [0.25, 0.3) is 0 Å². The van der Waals surface area contributed by atoms with Gasteiger partial charge in [-0.2, -0.15) is 0 Å². The quantitative estimate of drug-likeness (QED) is 0.727. The molecule has 1 aromatic heterocycles. The van der Waals surface area contributed by atoms with Crippen LogP contribution in [0.2, 0.25) is 0 Å². The fourth-order valence-electron chi connectivity index (χ4n) is 2.54. The number of halogens is 2. The normalized spacial score (nSPS) is 13.0. The van der Waals surface area contributed by atoms with Crippen LogP contribution in [0.1, 0.15) is 39.5 Å². The van der Waals surface area contributed by atoms with Gasteiger partial charge in [0.2, 0.25) is 0 Å². The van der Waals surface area contributed by atoms with E-state index in [1.807, 2.05) is 4.57 Å². The molecule has 0 aliphatic heterocycles. The van der Waals surface area contributed by atoms with Crippen molar-refractivity contribution in [3.8, 4) is 0 Å². The summed E-state index contributed by atoms with van der Waals surface area (Å²) < 4.78 is 29.4. The predicted molar refractivity (Wildman–Crippen MR) is 80.3 cm³/mol. The van der Waals surface area contributed by atoms with E-state index in [9.17, 15) is 8.78 Å². The van der Waals surface area contributed by atoms with Crippen molar-refractivity contribution >= 4 is 23.3 Å². The minimum Gasteiger partial charge on any atom is -0.328 e. The minimum atomic E-state index is -0.591. The Balaban J connectivity index is 2.38. The average Bonchev–Trinajstić information content (AvgIpc) is 2.71. The number of fused-ring (bicyclic) bond motifs is 1. The fourth-order valence-corrected chi connectivity index (χ4v) is 2.81. The van der Waals surface area contributed by atoms with Crippen LogP contribution in [-0.2, 0) is 6.54 Å². The van der Waals surface area contributed by atoms with Gasteiger partial charge in [-0.25, -0.2) is 8.78 Å². The molecule has 0 spiro atoms. The molecule has 0 bridgehead atoms. The summed E-state index contributed by atoms with van der Waals surface area (Å²) in [6.07, 6.45) is 4.46. The van der Waals surface area contributed by atoms with Gasteiger partial charge in [-0.3, -0.25) is 0 Å². The third-order valence-electron chi connectivity index (χ3n) is 3.79. The van der Waals surface area contributed by atoms with Crippen LogP contribution in [0.25, 0.3) is 11.0 Å². The highest BCUT2D eigenvalue weighted by molar-refractivity contribution is 7.71. The molecule has 0 amide bonds. The van der Waals surface area contributed by atoms with E-state index in [1.54, 1.807) is 0 Å². The number of H-pyrrole nitrogens is 1. The molecule has 110 valence electrons. The van der Waals surface area contributed by atoms with E-state index < -0.39 is 11.6 Å². The summed E-state index contributed by atoms with van der Waals surface area (Å²) in [6, 6.07) is 2.23. The Bertz CT molecular complexity index is 645. The van der Waals surface area contributed by atoms with E-state index in [2.05, 4.69) is 18.8 Å². The molecule has 1 heterocycles. The molecule has 2 rings (SSSR count). The maximum atomic E-state index is 13.7. The summed E-state index contributed by atoms with van der Waals surface area (Å²) in [5.41, 5.74) is 0.809. The first kappa shape index (κ1) is 15.2. The molecule has 0 saturated carbocycles. The van der Waals surface area contributed by atoms with Gasteiger partial charge in [0, 0.05) is 12.6 Å². The number of nitrogens with one attached hydrogen (secondary N) is 1. The van der Waals surface area contributed by atoms with E-state index in [-0.39, 0.29) is 0 Å². The topological polar surface area (TPSA) is 20.7 Å². The van der Waals surface area contributed by atoms with Crippen molar-refractivity contribution in [3.63, 3.8) is 0 Å². The highest BCUT2D eigenvalue weighted by Gasteiger charge is 2.14. The van der Waals surface area contributed by atoms with Crippen molar-refractivity contribution in [1.82, 2.24) is 9.55 Å². The average molecular weight is 298 g/mol. The van der Waals surface area contributed by atoms with Gasteiger partial charge in [-0.05, 0) is 30.6 Å². The lowest BCUT2D eigenvalue weighted by Gasteiger charge is -2.15. The van der Waals surface area contributed by atoms with Crippen LogP contribution in [-0.4, -0.2) is 9.55 Å². The summed E-state index contributed by atoms with van der Waals surface area (Å²) in [4.78, 5) is 2.84. The van der Waals surface area contributed by atoms with Crippen LogP contribution in [0.3, 0.4) is 0 Å². The van der Waals surface area contributed by atoms with E-state index >= 15 is 0 Å². The molecule has 0 aliphatic rings. The number of aromatic amines is 1. The zero-order chi connectivity index (χ0) is 14.7. The molecule has 20 heavy (non-hydrogen) atoms. The number of hydrogen-bond acceptors (Lipinski definition) is 1. The Morgan fingerprint density at radius 3 is 2.70 bits per heavy atom. The highest BCUT2D eigenvalue weighted by atomic mass is 32.1. The molecule has 5 heteroatoms. The maximum absolute atomic E-state index is 13.7. The number of aromatic nitrogens is 2. The van der Waals surface area contributed by atoms with Crippen LogP contribution in [0.4, 0.5) is 8.78 Å². The number of benzene rings is 1. The van der Waals surface area contributed by atoms with Crippen molar-refractivity contribution in [2.24, 2.45) is 5.92 Å². The van der Waals surface area contributed by atoms with Crippen molar-refractivity contribution in [1.29, 1.82) is 0 Å². The number of nitrogens with zero attached hydrogens (tertiary/aromatic N) is 1. The smallest absolute Gasteiger partial charge is 0.178 e. The Hall–Kier alpha value is -1.23. The SMILES string of the molecule is CCCCC(CC)Cn1c(=S)[nH]c2c(F)cc(F)cc21. The van der Waals surface area contributed by atoms with Gasteiger partial charge < -0.3 is 9.55 Å². The predicted octanol–water partition coefficient (Wildman–Crippen LogP) is 5.19. The third-order valence-corrected chi connectivity index (χ3v) is 4.11. The number of hydrogen-bond donors (Lipinski definition) is 1. The second-order valence-electron chi connectivity index (χ2n) is 5.24. The minimum absolute atomic E-state index is 0.293. The summed E-state index contributed by atoms with van der Waals surface area (Å²) >= 11 is 5.25. The number of imidazole rings is 1. The molecular weight excluding hydrogens is 278 g/mol. The first-order valence-electron chi connectivity index (χ1n) is 7.14. The van der Waals surface area contributed by atoms with E-state index in [4.69, 9.17) is 12.2 Å². The molecule has 1 unspecified atom stereocenters. The summed E-state index contributed by atoms with van der Waals surface area (Å²) in [5.74, 6) is -0.683. The first-order valence-corrected chi connectivity index (χ1v) is 7.55. The molecule has 2 nitrogen and oxygen atoms in total. The van der Waals surface area contributed by atoms with Gasteiger partial charge in [-0.15, -0.1) is 0 Å². The highest BCUT2D eigenvalue weighted by Crippen LogP contribution is 2.23. The number of unbranched alkanes of at least 4 members (excludes halogenated alkanes) is 1. The van der Waals surface area contributed by atoms with E-state index in [1.165, 1.54) is 6.07 Å². The lowest BCUT2D eigenvalue weighted by atomic mass is 9.99. The van der Waals surface area contributed by atoms with Gasteiger partial charge in [0.1, 0.15) is 11.3 Å². The second-order valence-corrected chi connectivity index (χ2v) is 5.63. The van der Waals surface area contributed by atoms with E-state index in [0.717, 1.165) is 31.7 Å². The molecule has 0 radical (unpaired) electrons. The van der Waals surface area contributed by atoms with Crippen LogP contribution >= 0.6 is 12.2 Å². The zero-order valence-electron chi connectivity index (χ0n) is 11.9. The molecular formula is C15H20F2N2S. The molecule has 1 aromatic carbocycles. The molecule has 0 aliphatic carbocycles. The number of rotatable bonds is 6. The lowest BCUT2D eigenvalue weighted by Crippen LogP contribution is -2.10. The lowest BCUT2D eigenvalue weighted by molar-refractivity contribution is 0.393. The Morgan fingerprint density at radius 1 is 1.30 bits per heavy atom. The first-order chi connectivity index (χ1) is 9.56. The van der Waals surface area contributed by atoms with Crippen LogP contribution in [0.15, 0.2) is 12.1 Å². The fraction of sp³-hybridized carbons (Fsp3) is 0.533. The van der Waals surface area contributed by atoms with Gasteiger partial charge in [-0.1, -0.05) is 33.1 Å². The zero-order valence-corrected chi connectivity index (χ0v) is 12.7. The molecule has 2 aromatic rings. The van der Waals surface area contributed by atoms with Crippen molar-refractivity contribution < 1.29 is 8.78 Å². The van der Waals surface area contributed by atoms with Gasteiger partial charge >= 0.3 is 0 Å². The Labute approximate surface area is 122 Å². The Kier molecular flexibility index (Phi) is 4.91. The maximum Gasteiger partial charge on any atom is 0.178 e. The van der Waals surface area contributed by atoms with Crippen molar-refractivity contribution in [3.05, 3.63) is 28.5 Å². The summed E-state index contributed by atoms with van der Waals surface area (Å²) in [7, 11) is 0. The van der Waals surface area contributed by atoms with Crippen LogP contribution in [0.5, 0.6) is 0 Å². The summed E-state index contributed by atoms with van der Waals surface area (Å²) in [6.45, 7) is 5.01. The summed E-state index contributed by atoms with van der Waals surface area (Å²) in [5, 5.41) is 0.